The molecule has 0 radical (unpaired) electrons. The van der Waals surface area contributed by atoms with Crippen LogP contribution in [0.25, 0.3) is 0 Å². The SMILES string of the molecule is COc1csc(C(=O)NC(C)c2cccc(Br)c2)c1. The highest BCUT2D eigenvalue weighted by atomic mass is 79.9. The van der Waals surface area contributed by atoms with Crippen molar-refractivity contribution >= 4 is 33.2 Å². The fourth-order valence-corrected chi connectivity index (χ4v) is 2.85. The molecule has 2 rings (SSSR count). The summed E-state index contributed by atoms with van der Waals surface area (Å²) in [6.07, 6.45) is 0. The zero-order valence-corrected chi connectivity index (χ0v) is 13.0. The number of methoxy groups -OCH3 is 1. The second kappa shape index (κ2) is 6.21. The van der Waals surface area contributed by atoms with Gasteiger partial charge in [0.05, 0.1) is 18.0 Å². The number of ether oxygens (including phenoxy) is 1. The van der Waals surface area contributed by atoms with Crippen LogP contribution in [0.3, 0.4) is 0 Å². The molecule has 0 saturated heterocycles. The Kier molecular flexibility index (Phi) is 4.61. The van der Waals surface area contributed by atoms with Crippen LogP contribution in [0.4, 0.5) is 0 Å². The number of carbonyl (C=O) groups is 1. The van der Waals surface area contributed by atoms with Gasteiger partial charge in [-0.25, -0.2) is 0 Å². The molecule has 1 amide bonds. The topological polar surface area (TPSA) is 38.3 Å². The summed E-state index contributed by atoms with van der Waals surface area (Å²) in [6, 6.07) is 9.61. The summed E-state index contributed by atoms with van der Waals surface area (Å²) >= 11 is 4.80. The molecule has 1 atom stereocenters. The molecule has 0 aliphatic rings. The van der Waals surface area contributed by atoms with Crippen LogP contribution in [0.1, 0.15) is 28.2 Å². The van der Waals surface area contributed by atoms with Crippen molar-refractivity contribution in [1.82, 2.24) is 5.32 Å². The third kappa shape index (κ3) is 3.58. The molecule has 19 heavy (non-hydrogen) atoms. The third-order valence-electron chi connectivity index (χ3n) is 2.73. The number of benzene rings is 1. The summed E-state index contributed by atoms with van der Waals surface area (Å²) in [4.78, 5) is 12.7. The number of hydrogen-bond acceptors (Lipinski definition) is 3. The Balaban J connectivity index is 2.06. The maximum atomic E-state index is 12.1. The van der Waals surface area contributed by atoms with E-state index in [1.165, 1.54) is 11.3 Å². The second-order valence-electron chi connectivity index (χ2n) is 4.10. The predicted octanol–water partition coefficient (Wildman–Crippen LogP) is 4.01. The van der Waals surface area contributed by atoms with E-state index in [-0.39, 0.29) is 11.9 Å². The van der Waals surface area contributed by atoms with E-state index in [9.17, 15) is 4.79 Å². The second-order valence-corrected chi connectivity index (χ2v) is 5.93. The van der Waals surface area contributed by atoms with E-state index in [0.717, 1.165) is 10.0 Å². The molecule has 3 nitrogen and oxygen atoms in total. The molecule has 1 N–H and O–H groups in total. The Morgan fingerprint density at radius 3 is 2.84 bits per heavy atom. The molecular weight excluding hydrogens is 326 g/mol. The first kappa shape index (κ1) is 14.1. The maximum absolute atomic E-state index is 12.1. The van der Waals surface area contributed by atoms with Gasteiger partial charge < -0.3 is 10.1 Å². The smallest absolute Gasteiger partial charge is 0.261 e. The molecule has 1 aromatic heterocycles. The first-order valence-electron chi connectivity index (χ1n) is 5.79. The predicted molar refractivity (Wildman–Crippen MR) is 80.9 cm³/mol. The number of carbonyl (C=O) groups excluding carboxylic acids is 1. The van der Waals surface area contributed by atoms with Crippen LogP contribution >= 0.6 is 27.3 Å². The highest BCUT2D eigenvalue weighted by molar-refractivity contribution is 9.10. The van der Waals surface area contributed by atoms with Gasteiger partial charge in [-0.2, -0.15) is 0 Å². The molecule has 0 aliphatic heterocycles. The molecule has 1 unspecified atom stereocenters. The van der Waals surface area contributed by atoms with Crippen LogP contribution in [0.5, 0.6) is 5.75 Å². The molecule has 0 bridgehead atoms. The number of amides is 1. The molecule has 0 fully saturated rings. The first-order valence-corrected chi connectivity index (χ1v) is 7.46. The van der Waals surface area contributed by atoms with Gasteiger partial charge >= 0.3 is 0 Å². The Morgan fingerprint density at radius 1 is 1.42 bits per heavy atom. The van der Waals surface area contributed by atoms with Gasteiger partial charge in [-0.1, -0.05) is 28.1 Å². The van der Waals surface area contributed by atoms with Gasteiger partial charge in [-0.3, -0.25) is 4.79 Å². The Bertz CT molecular complexity index is 582. The number of rotatable bonds is 4. The van der Waals surface area contributed by atoms with Crippen LogP contribution < -0.4 is 10.1 Å². The van der Waals surface area contributed by atoms with E-state index in [4.69, 9.17) is 4.74 Å². The van der Waals surface area contributed by atoms with E-state index in [2.05, 4.69) is 21.2 Å². The lowest BCUT2D eigenvalue weighted by molar-refractivity contribution is 0.0944. The van der Waals surface area contributed by atoms with Gasteiger partial charge in [-0.15, -0.1) is 11.3 Å². The lowest BCUT2D eigenvalue weighted by Crippen LogP contribution is -2.25. The summed E-state index contributed by atoms with van der Waals surface area (Å²) in [6.45, 7) is 1.96. The number of thiophene rings is 1. The number of halogens is 1. The molecule has 2 aromatic rings. The van der Waals surface area contributed by atoms with Gasteiger partial charge in [0.25, 0.3) is 5.91 Å². The lowest BCUT2D eigenvalue weighted by Gasteiger charge is -2.13. The van der Waals surface area contributed by atoms with E-state index in [0.29, 0.717) is 10.6 Å². The number of nitrogens with one attached hydrogen (secondary N) is 1. The van der Waals surface area contributed by atoms with E-state index >= 15 is 0 Å². The van der Waals surface area contributed by atoms with Gasteiger partial charge in [0.15, 0.2) is 0 Å². The summed E-state index contributed by atoms with van der Waals surface area (Å²) in [5, 5.41) is 4.79. The highest BCUT2D eigenvalue weighted by Crippen LogP contribution is 2.23. The van der Waals surface area contributed by atoms with Crippen LogP contribution in [-0.2, 0) is 0 Å². The van der Waals surface area contributed by atoms with Crippen LogP contribution in [0.2, 0.25) is 0 Å². The van der Waals surface area contributed by atoms with Gasteiger partial charge in [0, 0.05) is 15.9 Å². The Labute approximate surface area is 124 Å². The van der Waals surface area contributed by atoms with Crippen LogP contribution in [0, 0.1) is 0 Å². The van der Waals surface area contributed by atoms with Crippen molar-refractivity contribution in [2.24, 2.45) is 0 Å². The van der Waals surface area contributed by atoms with Gasteiger partial charge in [0.1, 0.15) is 5.75 Å². The maximum Gasteiger partial charge on any atom is 0.261 e. The summed E-state index contributed by atoms with van der Waals surface area (Å²) in [5.74, 6) is 0.631. The van der Waals surface area contributed by atoms with Gasteiger partial charge in [0.2, 0.25) is 0 Å². The fraction of sp³-hybridized carbons (Fsp3) is 0.214. The lowest BCUT2D eigenvalue weighted by atomic mass is 10.1. The highest BCUT2D eigenvalue weighted by Gasteiger charge is 2.13. The summed E-state index contributed by atoms with van der Waals surface area (Å²) < 4.78 is 6.08. The molecule has 1 heterocycles. The van der Waals surface area contributed by atoms with E-state index < -0.39 is 0 Å². The number of hydrogen-bond donors (Lipinski definition) is 1. The summed E-state index contributed by atoms with van der Waals surface area (Å²) in [5.41, 5.74) is 1.06. The fourth-order valence-electron chi connectivity index (χ4n) is 1.67. The van der Waals surface area contributed by atoms with Crippen molar-refractivity contribution in [2.45, 2.75) is 13.0 Å². The van der Waals surface area contributed by atoms with Crippen LogP contribution in [-0.4, -0.2) is 13.0 Å². The summed E-state index contributed by atoms with van der Waals surface area (Å²) in [7, 11) is 1.59. The average Bonchev–Trinajstić information content (AvgIpc) is 2.87. The van der Waals surface area contributed by atoms with Crippen molar-refractivity contribution in [1.29, 1.82) is 0 Å². The molecule has 100 valence electrons. The van der Waals surface area contributed by atoms with E-state index in [1.54, 1.807) is 13.2 Å². The molecular formula is C14H14BrNO2S. The molecule has 1 aromatic carbocycles. The van der Waals surface area contributed by atoms with Crippen molar-refractivity contribution in [2.75, 3.05) is 7.11 Å². The Hall–Kier alpha value is -1.33. The van der Waals surface area contributed by atoms with Crippen molar-refractivity contribution in [3.05, 3.63) is 50.6 Å². The minimum atomic E-state index is -0.0826. The Morgan fingerprint density at radius 2 is 2.21 bits per heavy atom. The first-order chi connectivity index (χ1) is 9.10. The molecule has 0 spiro atoms. The third-order valence-corrected chi connectivity index (χ3v) is 4.13. The quantitative estimate of drug-likeness (QED) is 0.913. The zero-order valence-electron chi connectivity index (χ0n) is 10.6. The van der Waals surface area contributed by atoms with Crippen LogP contribution in [0.15, 0.2) is 40.2 Å². The normalized spacial score (nSPS) is 11.9. The minimum Gasteiger partial charge on any atom is -0.496 e. The van der Waals surface area contributed by atoms with Crippen molar-refractivity contribution in [3.63, 3.8) is 0 Å². The largest absolute Gasteiger partial charge is 0.496 e. The monoisotopic (exact) mass is 339 g/mol. The van der Waals surface area contributed by atoms with Gasteiger partial charge in [-0.05, 0) is 24.6 Å². The minimum absolute atomic E-state index is 0.0434. The van der Waals surface area contributed by atoms with E-state index in [1.807, 2.05) is 36.6 Å². The van der Waals surface area contributed by atoms with Crippen molar-refractivity contribution < 1.29 is 9.53 Å². The average molecular weight is 340 g/mol. The molecule has 5 heteroatoms. The molecule has 0 aliphatic carbocycles. The standard InChI is InChI=1S/C14H14BrNO2S/c1-9(10-4-3-5-11(15)6-10)16-14(17)13-7-12(18-2)8-19-13/h3-9H,1-2H3,(H,16,17). The van der Waals surface area contributed by atoms with Crippen molar-refractivity contribution in [3.8, 4) is 5.75 Å². The molecule has 0 saturated carbocycles. The zero-order chi connectivity index (χ0) is 13.8.